The molecule has 0 amide bonds. The van der Waals surface area contributed by atoms with Crippen LogP contribution in [-0.2, 0) is 0 Å². The SMILES string of the molecule is CB(P)I.C[C@@H]1CCCC1[C@H]1CCC[C@H]1P(c1ccccc1)c1ccccc1. The minimum absolute atomic E-state index is 0.226. The van der Waals surface area contributed by atoms with E-state index in [1.165, 1.54) is 38.5 Å². The highest BCUT2D eigenvalue weighted by Gasteiger charge is 2.42. The van der Waals surface area contributed by atoms with Gasteiger partial charge in [-0.2, -0.15) is 9.12 Å². The highest BCUT2D eigenvalue weighted by Crippen LogP contribution is 2.55. The molecule has 0 aromatic heterocycles. The van der Waals surface area contributed by atoms with Gasteiger partial charge in [-0.15, -0.1) is 22.4 Å². The number of rotatable bonds is 4. The smallest absolute Gasteiger partial charge is 0.159 e. The summed E-state index contributed by atoms with van der Waals surface area (Å²) in [5, 5.41) is 3.17. The Morgan fingerprint density at radius 1 is 0.821 bits per heavy atom. The summed E-state index contributed by atoms with van der Waals surface area (Å²) < 4.78 is 0.720. The highest BCUT2D eigenvalue weighted by atomic mass is 127. The molecule has 2 unspecified atom stereocenters. The van der Waals surface area contributed by atoms with Crippen LogP contribution >= 0.6 is 39.4 Å². The van der Waals surface area contributed by atoms with Gasteiger partial charge in [-0.1, -0.05) is 93.7 Å². The number of hydrogen-bond donors (Lipinski definition) is 0. The van der Waals surface area contributed by atoms with Crippen molar-refractivity contribution in [1.82, 2.24) is 0 Å². The molecule has 0 bridgehead atoms. The second-order valence-electron chi connectivity index (χ2n) is 8.45. The molecule has 2 fully saturated rings. The minimum Gasteiger partial charge on any atom is -0.159 e. The van der Waals surface area contributed by atoms with Crippen molar-refractivity contribution in [3.05, 3.63) is 60.7 Å². The fraction of sp³-hybridized carbons (Fsp3) is 0.500. The van der Waals surface area contributed by atoms with Crippen LogP contribution in [-0.4, -0.2) is 9.95 Å². The van der Waals surface area contributed by atoms with Crippen molar-refractivity contribution in [3.8, 4) is 0 Å². The van der Waals surface area contributed by atoms with Crippen LogP contribution in [0.4, 0.5) is 0 Å². The van der Waals surface area contributed by atoms with E-state index in [0.29, 0.717) is 0 Å². The van der Waals surface area contributed by atoms with Crippen LogP contribution in [0.15, 0.2) is 60.7 Å². The van der Waals surface area contributed by atoms with Crippen LogP contribution in [0.5, 0.6) is 0 Å². The predicted octanol–water partition coefficient (Wildman–Crippen LogP) is 7.14. The van der Waals surface area contributed by atoms with E-state index in [-0.39, 0.29) is 7.92 Å². The summed E-state index contributed by atoms with van der Waals surface area (Å²) in [6, 6.07) is 22.8. The van der Waals surface area contributed by atoms with E-state index in [1.807, 2.05) is 0 Å². The van der Waals surface area contributed by atoms with Crippen LogP contribution in [0, 0.1) is 17.8 Å². The molecule has 0 spiro atoms. The first-order valence-electron chi connectivity index (χ1n) is 10.9. The molecule has 0 N–H and O–H groups in total. The van der Waals surface area contributed by atoms with E-state index < -0.39 is 0 Å². The molecule has 5 atom stereocenters. The van der Waals surface area contributed by atoms with E-state index in [4.69, 9.17) is 0 Å². The van der Waals surface area contributed by atoms with Crippen LogP contribution in [0.25, 0.3) is 0 Å². The molecule has 4 rings (SSSR count). The van der Waals surface area contributed by atoms with Gasteiger partial charge in [0, 0.05) is 0 Å². The molecule has 0 radical (unpaired) electrons. The van der Waals surface area contributed by atoms with Crippen molar-refractivity contribution in [3.63, 3.8) is 0 Å². The number of benzene rings is 2. The number of hydrogen-bond acceptors (Lipinski definition) is 0. The van der Waals surface area contributed by atoms with Gasteiger partial charge in [0.2, 0.25) is 4.29 Å². The van der Waals surface area contributed by atoms with Crippen LogP contribution in [0.1, 0.15) is 45.4 Å². The Hall–Kier alpha value is 0.0949. The van der Waals surface area contributed by atoms with Crippen LogP contribution in [0.3, 0.4) is 0 Å². The summed E-state index contributed by atoms with van der Waals surface area (Å²) in [6.45, 7) is 4.63. The van der Waals surface area contributed by atoms with Crippen molar-refractivity contribution in [2.45, 2.75) is 57.9 Å². The lowest BCUT2D eigenvalue weighted by atomic mass is 9.83. The van der Waals surface area contributed by atoms with E-state index in [2.05, 4.69) is 106 Å². The minimum atomic E-state index is -0.226. The van der Waals surface area contributed by atoms with Gasteiger partial charge in [0.15, 0.2) is 0 Å². The zero-order chi connectivity index (χ0) is 19.9. The van der Waals surface area contributed by atoms with Gasteiger partial charge in [0.05, 0.1) is 0 Å². The van der Waals surface area contributed by atoms with E-state index >= 15 is 0 Å². The lowest BCUT2D eigenvalue weighted by molar-refractivity contribution is 0.284. The summed E-state index contributed by atoms with van der Waals surface area (Å²) in [6.07, 6.45) is 8.75. The lowest BCUT2D eigenvalue weighted by Crippen LogP contribution is -2.29. The fourth-order valence-corrected chi connectivity index (χ4v) is 8.55. The summed E-state index contributed by atoms with van der Waals surface area (Å²) in [5.41, 5.74) is 0.885. The van der Waals surface area contributed by atoms with Gasteiger partial charge in [0.25, 0.3) is 0 Å². The van der Waals surface area contributed by atoms with Crippen LogP contribution in [0.2, 0.25) is 6.82 Å². The summed E-state index contributed by atoms with van der Waals surface area (Å²) in [4.78, 5) is 0. The van der Waals surface area contributed by atoms with Gasteiger partial charge >= 0.3 is 0 Å². The molecule has 28 heavy (non-hydrogen) atoms. The first kappa shape index (κ1) is 22.8. The molecule has 0 nitrogen and oxygen atoms in total. The molecule has 0 aliphatic heterocycles. The standard InChI is InChI=1S/C23H29P.CH5BIP/c1-18-10-8-15-21(18)22-16-9-17-23(22)24(19-11-4-2-5-12-19)20-13-6-3-7-14-20;1-2(3)4/h2-7,11-14,18,21-23H,8-10,15-17H2,1H3;4H2,1H3/t18-,21?,22-,23-;/m1./s1. The monoisotopic (exact) mass is 522 g/mol. The predicted molar refractivity (Wildman–Crippen MR) is 142 cm³/mol. The molecule has 2 aliphatic carbocycles. The first-order valence-corrected chi connectivity index (χ1v) is 14.2. The Kier molecular flexibility index (Phi) is 9.33. The average molecular weight is 522 g/mol. The largest absolute Gasteiger partial charge is 0.236 e. The molecular weight excluding hydrogens is 488 g/mol. The van der Waals surface area contributed by atoms with Crippen molar-refractivity contribution >= 4 is 54.3 Å². The molecule has 2 saturated carbocycles. The second kappa shape index (κ2) is 11.5. The Morgan fingerprint density at radius 3 is 1.75 bits per heavy atom. The average Bonchev–Trinajstić information content (AvgIpc) is 3.32. The Labute approximate surface area is 189 Å². The quantitative estimate of drug-likeness (QED) is 0.228. The first-order chi connectivity index (χ1) is 13.6. The maximum atomic E-state index is 2.64. The third kappa shape index (κ3) is 6.06. The van der Waals surface area contributed by atoms with Gasteiger partial charge in [-0.05, 0) is 61.2 Å². The van der Waals surface area contributed by atoms with Crippen LogP contribution < -0.4 is 10.6 Å². The lowest BCUT2D eigenvalue weighted by Gasteiger charge is -2.35. The molecule has 150 valence electrons. The molecule has 2 aliphatic rings. The van der Waals surface area contributed by atoms with Gasteiger partial charge in [-0.3, -0.25) is 0 Å². The zero-order valence-electron chi connectivity index (χ0n) is 17.3. The number of halogens is 1. The second-order valence-corrected chi connectivity index (χ2v) is 15.2. The maximum absolute atomic E-state index is 2.64. The maximum Gasteiger partial charge on any atom is 0.236 e. The van der Waals surface area contributed by atoms with E-state index in [1.54, 1.807) is 10.6 Å². The van der Waals surface area contributed by atoms with Gasteiger partial charge in [-0.25, -0.2) is 0 Å². The van der Waals surface area contributed by atoms with Gasteiger partial charge < -0.3 is 0 Å². The summed E-state index contributed by atoms with van der Waals surface area (Å²) >= 11 is 2.31. The van der Waals surface area contributed by atoms with E-state index in [9.17, 15) is 0 Å². The third-order valence-electron chi connectivity index (χ3n) is 6.41. The van der Waals surface area contributed by atoms with Crippen molar-refractivity contribution in [2.75, 3.05) is 0 Å². The summed E-state index contributed by atoms with van der Waals surface area (Å²) in [5.74, 6) is 2.88. The molecule has 4 heteroatoms. The van der Waals surface area contributed by atoms with Crippen molar-refractivity contribution in [2.24, 2.45) is 17.8 Å². The Morgan fingerprint density at radius 2 is 1.29 bits per heavy atom. The van der Waals surface area contributed by atoms with Crippen molar-refractivity contribution in [1.29, 1.82) is 0 Å². The zero-order valence-corrected chi connectivity index (χ0v) is 21.5. The van der Waals surface area contributed by atoms with Crippen molar-refractivity contribution < 1.29 is 0 Å². The highest BCUT2D eigenvalue weighted by molar-refractivity contribution is 14.1. The molecule has 2 aromatic rings. The molecule has 0 heterocycles. The van der Waals surface area contributed by atoms with E-state index in [0.717, 1.165) is 27.7 Å². The fourth-order valence-electron chi connectivity index (χ4n) is 5.31. The topological polar surface area (TPSA) is 0 Å². The normalized spacial score (nSPS) is 26.8. The third-order valence-corrected chi connectivity index (χ3v) is 9.42. The molecule has 0 saturated heterocycles. The molecule has 2 aromatic carbocycles. The van der Waals surface area contributed by atoms with Gasteiger partial charge in [0.1, 0.15) is 0 Å². The Bertz CT molecular complexity index is 652. The molecular formula is C24H34BIP2. The summed E-state index contributed by atoms with van der Waals surface area (Å²) in [7, 11) is 2.42. The Balaban J connectivity index is 0.000000516.